The minimum Gasteiger partial charge on any atom is -0.497 e. The van der Waals surface area contributed by atoms with Crippen molar-refractivity contribution in [2.75, 3.05) is 7.11 Å². The molecule has 0 aliphatic heterocycles. The van der Waals surface area contributed by atoms with E-state index in [1.165, 1.54) is 11.1 Å². The van der Waals surface area contributed by atoms with Crippen LogP contribution >= 0.6 is 15.9 Å². The summed E-state index contributed by atoms with van der Waals surface area (Å²) in [7, 11) is 1.68. The highest BCUT2D eigenvalue weighted by Gasteiger charge is 2.00. The lowest BCUT2D eigenvalue weighted by Crippen LogP contribution is -1.95. The third kappa shape index (κ3) is 3.33. The molecule has 2 aromatic rings. The number of aromatic nitrogens is 1. The van der Waals surface area contributed by atoms with Gasteiger partial charge in [-0.3, -0.25) is 4.98 Å². The Morgan fingerprint density at radius 1 is 1.17 bits per heavy atom. The Morgan fingerprint density at radius 2 is 1.89 bits per heavy atom. The lowest BCUT2D eigenvalue weighted by atomic mass is 10.1. The van der Waals surface area contributed by atoms with Gasteiger partial charge in [-0.25, -0.2) is 0 Å². The number of methoxy groups -OCH3 is 1. The molecular formula is C15H16BrNO. The summed E-state index contributed by atoms with van der Waals surface area (Å²) >= 11 is 3.46. The number of pyridine rings is 1. The maximum absolute atomic E-state index is 5.14. The van der Waals surface area contributed by atoms with Crippen LogP contribution in [-0.4, -0.2) is 12.1 Å². The van der Waals surface area contributed by atoms with Gasteiger partial charge in [0.1, 0.15) is 5.75 Å². The summed E-state index contributed by atoms with van der Waals surface area (Å²) in [6.07, 6.45) is 3.83. The van der Waals surface area contributed by atoms with Crippen molar-refractivity contribution in [2.45, 2.75) is 19.8 Å². The van der Waals surface area contributed by atoms with Gasteiger partial charge in [-0.05, 0) is 65.0 Å². The van der Waals surface area contributed by atoms with Crippen molar-refractivity contribution in [2.24, 2.45) is 0 Å². The molecule has 0 fully saturated rings. The van der Waals surface area contributed by atoms with Gasteiger partial charge in [-0.1, -0.05) is 12.1 Å². The molecule has 0 aliphatic carbocycles. The maximum atomic E-state index is 5.14. The zero-order chi connectivity index (χ0) is 13.0. The van der Waals surface area contributed by atoms with Crippen LogP contribution in [0.2, 0.25) is 0 Å². The highest BCUT2D eigenvalue weighted by Crippen LogP contribution is 2.17. The minimum atomic E-state index is 0.899. The third-order valence-corrected chi connectivity index (χ3v) is 3.76. The van der Waals surface area contributed by atoms with Crippen LogP contribution in [-0.2, 0) is 12.8 Å². The highest BCUT2D eigenvalue weighted by molar-refractivity contribution is 9.10. The van der Waals surface area contributed by atoms with E-state index in [2.05, 4.69) is 46.0 Å². The molecule has 0 saturated carbocycles. The molecule has 2 nitrogen and oxygen atoms in total. The Kier molecular flexibility index (Phi) is 4.37. The van der Waals surface area contributed by atoms with Crippen LogP contribution in [0.4, 0.5) is 0 Å². The molecule has 0 aliphatic rings. The lowest BCUT2D eigenvalue weighted by Gasteiger charge is -2.05. The largest absolute Gasteiger partial charge is 0.497 e. The van der Waals surface area contributed by atoms with Crippen molar-refractivity contribution in [1.29, 1.82) is 0 Å². The molecule has 0 N–H and O–H groups in total. The molecule has 0 spiro atoms. The Bertz CT molecular complexity index is 523. The molecule has 18 heavy (non-hydrogen) atoms. The fourth-order valence-corrected chi connectivity index (χ4v) is 2.02. The number of ether oxygens (including phenoxy) is 1. The predicted octanol–water partition coefficient (Wildman–Crippen LogP) is 3.95. The quantitative estimate of drug-likeness (QED) is 0.853. The fraction of sp³-hybridized carbons (Fsp3) is 0.267. The van der Waals surface area contributed by atoms with Crippen molar-refractivity contribution in [3.8, 4) is 5.75 Å². The standard InChI is InChI=1S/C15H16BrNO/c1-11-9-13(17-10-15(11)16)6-3-12-4-7-14(18-2)8-5-12/h4-5,7-10H,3,6H2,1-2H3. The van der Waals surface area contributed by atoms with Gasteiger partial charge < -0.3 is 4.74 Å². The summed E-state index contributed by atoms with van der Waals surface area (Å²) in [4.78, 5) is 4.42. The van der Waals surface area contributed by atoms with Gasteiger partial charge >= 0.3 is 0 Å². The fourth-order valence-electron chi connectivity index (χ4n) is 1.80. The van der Waals surface area contributed by atoms with Crippen LogP contribution in [0.1, 0.15) is 16.8 Å². The molecule has 2 rings (SSSR count). The SMILES string of the molecule is COc1ccc(CCc2cc(C)c(Br)cn2)cc1. The van der Waals surface area contributed by atoms with Crippen LogP contribution in [0, 0.1) is 6.92 Å². The molecular weight excluding hydrogens is 290 g/mol. The molecule has 0 saturated heterocycles. The Hall–Kier alpha value is -1.35. The number of halogens is 1. The monoisotopic (exact) mass is 305 g/mol. The topological polar surface area (TPSA) is 22.1 Å². The molecule has 0 unspecified atom stereocenters. The van der Waals surface area contributed by atoms with Crippen molar-refractivity contribution < 1.29 is 4.74 Å². The first-order valence-corrected chi connectivity index (χ1v) is 6.72. The second kappa shape index (κ2) is 6.01. The number of rotatable bonds is 4. The normalized spacial score (nSPS) is 10.4. The third-order valence-electron chi connectivity index (χ3n) is 2.93. The smallest absolute Gasteiger partial charge is 0.118 e. The first kappa shape index (κ1) is 13.1. The molecule has 0 radical (unpaired) electrons. The number of hydrogen-bond donors (Lipinski definition) is 0. The molecule has 1 aromatic carbocycles. The minimum absolute atomic E-state index is 0.899. The molecule has 0 amide bonds. The summed E-state index contributed by atoms with van der Waals surface area (Å²) in [5.41, 5.74) is 3.67. The molecule has 0 atom stereocenters. The van der Waals surface area contributed by atoms with Gasteiger partial charge in [0.15, 0.2) is 0 Å². The second-order valence-corrected chi connectivity index (χ2v) is 5.13. The summed E-state index contributed by atoms with van der Waals surface area (Å²) < 4.78 is 6.21. The number of hydrogen-bond acceptors (Lipinski definition) is 2. The van der Waals surface area contributed by atoms with E-state index in [-0.39, 0.29) is 0 Å². The number of aryl methyl sites for hydroxylation is 3. The van der Waals surface area contributed by atoms with Crippen molar-refractivity contribution in [3.05, 3.63) is 57.8 Å². The van der Waals surface area contributed by atoms with E-state index in [1.54, 1.807) is 7.11 Å². The van der Waals surface area contributed by atoms with Gasteiger partial charge in [0.25, 0.3) is 0 Å². The van der Waals surface area contributed by atoms with Gasteiger partial charge in [-0.2, -0.15) is 0 Å². The van der Waals surface area contributed by atoms with E-state index in [0.29, 0.717) is 0 Å². The van der Waals surface area contributed by atoms with E-state index in [4.69, 9.17) is 4.74 Å². The van der Waals surface area contributed by atoms with E-state index >= 15 is 0 Å². The van der Waals surface area contributed by atoms with Crippen LogP contribution in [0.25, 0.3) is 0 Å². The van der Waals surface area contributed by atoms with Gasteiger partial charge in [-0.15, -0.1) is 0 Å². The summed E-state index contributed by atoms with van der Waals surface area (Å²) in [5.74, 6) is 0.899. The maximum Gasteiger partial charge on any atom is 0.118 e. The predicted molar refractivity (Wildman–Crippen MR) is 77.1 cm³/mol. The summed E-state index contributed by atoms with van der Waals surface area (Å²) in [6, 6.07) is 10.3. The van der Waals surface area contributed by atoms with Crippen LogP contribution in [0.3, 0.4) is 0 Å². The molecule has 3 heteroatoms. The number of benzene rings is 1. The van der Waals surface area contributed by atoms with E-state index in [1.807, 2.05) is 18.3 Å². The van der Waals surface area contributed by atoms with E-state index < -0.39 is 0 Å². The molecule has 1 aromatic heterocycles. The lowest BCUT2D eigenvalue weighted by molar-refractivity contribution is 0.414. The zero-order valence-corrected chi connectivity index (χ0v) is 12.2. The van der Waals surface area contributed by atoms with E-state index in [0.717, 1.165) is 28.8 Å². The first-order chi connectivity index (χ1) is 8.69. The molecule has 94 valence electrons. The van der Waals surface area contributed by atoms with Crippen LogP contribution in [0.5, 0.6) is 5.75 Å². The molecule has 0 bridgehead atoms. The number of nitrogens with zero attached hydrogens (tertiary/aromatic N) is 1. The highest BCUT2D eigenvalue weighted by atomic mass is 79.9. The zero-order valence-electron chi connectivity index (χ0n) is 10.6. The van der Waals surface area contributed by atoms with Crippen molar-refractivity contribution in [3.63, 3.8) is 0 Å². The molecule has 1 heterocycles. The van der Waals surface area contributed by atoms with Crippen molar-refractivity contribution >= 4 is 15.9 Å². The van der Waals surface area contributed by atoms with Crippen molar-refractivity contribution in [1.82, 2.24) is 4.98 Å². The van der Waals surface area contributed by atoms with Crippen LogP contribution < -0.4 is 4.74 Å². The summed E-state index contributed by atoms with van der Waals surface area (Å²) in [6.45, 7) is 2.09. The Morgan fingerprint density at radius 3 is 2.50 bits per heavy atom. The van der Waals surface area contributed by atoms with E-state index in [9.17, 15) is 0 Å². The second-order valence-electron chi connectivity index (χ2n) is 4.27. The Labute approximate surface area is 116 Å². The Balaban J connectivity index is 1.99. The average Bonchev–Trinajstić information content (AvgIpc) is 2.41. The van der Waals surface area contributed by atoms with Gasteiger partial charge in [0.05, 0.1) is 7.11 Å². The summed E-state index contributed by atoms with van der Waals surface area (Å²) in [5, 5.41) is 0. The van der Waals surface area contributed by atoms with Crippen LogP contribution in [0.15, 0.2) is 41.0 Å². The van der Waals surface area contributed by atoms with Gasteiger partial charge in [0.2, 0.25) is 0 Å². The van der Waals surface area contributed by atoms with Gasteiger partial charge in [0, 0.05) is 16.4 Å². The first-order valence-electron chi connectivity index (χ1n) is 5.93. The average molecular weight is 306 g/mol.